The van der Waals surface area contributed by atoms with E-state index in [2.05, 4.69) is 27.4 Å². The first-order chi connectivity index (χ1) is 11.8. The van der Waals surface area contributed by atoms with Crippen molar-refractivity contribution in [2.75, 3.05) is 46.5 Å². The second kappa shape index (κ2) is 9.72. The minimum absolute atomic E-state index is 0. The summed E-state index contributed by atoms with van der Waals surface area (Å²) in [5, 5.41) is 7.53. The van der Waals surface area contributed by atoms with Crippen LogP contribution >= 0.6 is 12.4 Å². The van der Waals surface area contributed by atoms with Gasteiger partial charge < -0.3 is 19.3 Å². The van der Waals surface area contributed by atoms with E-state index in [9.17, 15) is 0 Å². The fourth-order valence-electron chi connectivity index (χ4n) is 2.70. The van der Waals surface area contributed by atoms with Crippen molar-refractivity contribution in [3.8, 4) is 17.2 Å². The normalized spacial score (nSPS) is 17.9. The molecule has 0 amide bonds. The van der Waals surface area contributed by atoms with Crippen LogP contribution in [0.1, 0.15) is 18.8 Å². The second-order valence-corrected chi connectivity index (χ2v) is 5.70. The molecule has 2 aromatic rings. The van der Waals surface area contributed by atoms with E-state index in [0.717, 1.165) is 30.9 Å². The number of halogens is 1. The Kier molecular flexibility index (Phi) is 7.64. The van der Waals surface area contributed by atoms with Crippen LogP contribution < -0.4 is 10.1 Å². The molecule has 3 rings (SSSR count). The summed E-state index contributed by atoms with van der Waals surface area (Å²) in [5.74, 6) is 1.90. The summed E-state index contributed by atoms with van der Waals surface area (Å²) in [6.07, 6.45) is 0. The van der Waals surface area contributed by atoms with Crippen LogP contribution in [0.4, 0.5) is 0 Å². The molecule has 0 spiro atoms. The number of ether oxygens (including phenoxy) is 2. The third kappa shape index (κ3) is 4.92. The molecular formula is C17H25ClN4O3. The maximum atomic E-state index is 5.79. The van der Waals surface area contributed by atoms with Gasteiger partial charge in [-0.25, -0.2) is 0 Å². The minimum Gasteiger partial charge on any atom is -0.490 e. The van der Waals surface area contributed by atoms with Gasteiger partial charge in [0.05, 0.1) is 18.2 Å². The van der Waals surface area contributed by atoms with Crippen LogP contribution in [-0.2, 0) is 4.74 Å². The molecule has 1 aromatic heterocycles. The lowest BCUT2D eigenvalue weighted by atomic mass is 10.2. The molecule has 8 heteroatoms. The number of rotatable bonds is 7. The summed E-state index contributed by atoms with van der Waals surface area (Å²) in [6, 6.07) is 7.82. The molecule has 0 saturated carbocycles. The van der Waals surface area contributed by atoms with Gasteiger partial charge in [0.2, 0.25) is 0 Å². The van der Waals surface area contributed by atoms with Gasteiger partial charge in [-0.1, -0.05) is 17.3 Å². The second-order valence-electron chi connectivity index (χ2n) is 5.70. The van der Waals surface area contributed by atoms with Gasteiger partial charge in [-0.3, -0.25) is 4.90 Å². The van der Waals surface area contributed by atoms with Crippen LogP contribution in [-0.4, -0.2) is 61.5 Å². The number of hydrogen-bond acceptors (Lipinski definition) is 7. The first-order valence-electron chi connectivity index (χ1n) is 8.34. The Labute approximate surface area is 154 Å². The highest BCUT2D eigenvalue weighted by Crippen LogP contribution is 2.30. The van der Waals surface area contributed by atoms with Crippen molar-refractivity contribution >= 4 is 12.4 Å². The van der Waals surface area contributed by atoms with Crippen LogP contribution in [0.2, 0.25) is 0 Å². The van der Waals surface area contributed by atoms with Gasteiger partial charge >= 0.3 is 0 Å². The molecule has 138 valence electrons. The van der Waals surface area contributed by atoms with E-state index in [4.69, 9.17) is 14.0 Å². The van der Waals surface area contributed by atoms with Gasteiger partial charge in [-0.2, -0.15) is 4.98 Å². The number of aromatic nitrogens is 2. The molecule has 0 bridgehead atoms. The highest BCUT2D eigenvalue weighted by molar-refractivity contribution is 5.85. The molecule has 1 saturated heterocycles. The number of hydrogen-bond donors (Lipinski definition) is 1. The molecule has 7 nitrogen and oxygen atoms in total. The van der Waals surface area contributed by atoms with Gasteiger partial charge in [0.25, 0.3) is 5.89 Å². The lowest BCUT2D eigenvalue weighted by molar-refractivity contribution is 0.110. The average molecular weight is 369 g/mol. The standard InChI is InChI=1S/C17H24N4O3.ClH/c1-3-22-10-11-23-15-7-5-4-6-13(15)17-19-16(20-24-17)14-12-18-8-9-21(14)2;/h4-7,14,18H,3,8-12H2,1-2H3;1H. The zero-order valence-electron chi connectivity index (χ0n) is 14.6. The Hall–Kier alpha value is -1.67. The van der Waals surface area contributed by atoms with Crippen LogP contribution in [0.15, 0.2) is 28.8 Å². The maximum absolute atomic E-state index is 5.79. The first-order valence-corrected chi connectivity index (χ1v) is 8.34. The van der Waals surface area contributed by atoms with E-state index in [1.165, 1.54) is 0 Å². The fourth-order valence-corrected chi connectivity index (χ4v) is 2.70. The molecule has 1 fully saturated rings. The molecule has 0 radical (unpaired) electrons. The predicted molar refractivity (Wildman–Crippen MR) is 97.2 cm³/mol. The number of likely N-dealkylation sites (N-methyl/N-ethyl adjacent to an activating group) is 1. The van der Waals surface area contributed by atoms with E-state index in [-0.39, 0.29) is 18.4 Å². The van der Waals surface area contributed by atoms with Gasteiger partial charge in [-0.15, -0.1) is 12.4 Å². The Morgan fingerprint density at radius 3 is 2.96 bits per heavy atom. The topological polar surface area (TPSA) is 72.7 Å². The van der Waals surface area contributed by atoms with Crippen molar-refractivity contribution < 1.29 is 14.0 Å². The summed E-state index contributed by atoms with van der Waals surface area (Å²) in [4.78, 5) is 6.82. The largest absolute Gasteiger partial charge is 0.490 e. The predicted octanol–water partition coefficient (Wildman–Crippen LogP) is 2.15. The third-order valence-electron chi connectivity index (χ3n) is 4.06. The zero-order chi connectivity index (χ0) is 16.8. The smallest absolute Gasteiger partial charge is 0.261 e. The Balaban J connectivity index is 0.00000225. The summed E-state index contributed by atoms with van der Waals surface area (Å²) >= 11 is 0. The van der Waals surface area contributed by atoms with Gasteiger partial charge in [-0.05, 0) is 26.1 Å². The highest BCUT2D eigenvalue weighted by Gasteiger charge is 2.26. The number of nitrogens with zero attached hydrogens (tertiary/aromatic N) is 3. The van der Waals surface area contributed by atoms with Crippen molar-refractivity contribution in [3.05, 3.63) is 30.1 Å². The molecule has 1 unspecified atom stereocenters. The highest BCUT2D eigenvalue weighted by atomic mass is 35.5. The molecule has 1 aliphatic rings. The van der Waals surface area contributed by atoms with Crippen LogP contribution in [0.5, 0.6) is 5.75 Å². The summed E-state index contributed by atoms with van der Waals surface area (Å²) in [7, 11) is 2.08. The molecule has 1 atom stereocenters. The Bertz CT molecular complexity index is 652. The van der Waals surface area contributed by atoms with E-state index in [1.807, 2.05) is 31.2 Å². The number of para-hydroxylation sites is 1. The zero-order valence-corrected chi connectivity index (χ0v) is 15.4. The van der Waals surface area contributed by atoms with E-state index >= 15 is 0 Å². The van der Waals surface area contributed by atoms with Gasteiger partial charge in [0, 0.05) is 26.2 Å². The molecule has 2 heterocycles. The first kappa shape index (κ1) is 19.7. The van der Waals surface area contributed by atoms with E-state index < -0.39 is 0 Å². The van der Waals surface area contributed by atoms with Crippen molar-refractivity contribution in [2.45, 2.75) is 13.0 Å². The quantitative estimate of drug-likeness (QED) is 0.750. The molecular weight excluding hydrogens is 344 g/mol. The molecule has 1 aliphatic heterocycles. The summed E-state index contributed by atoms with van der Waals surface area (Å²) in [5.41, 5.74) is 0.805. The molecule has 1 N–H and O–H groups in total. The monoisotopic (exact) mass is 368 g/mol. The van der Waals surface area contributed by atoms with Crippen molar-refractivity contribution in [1.29, 1.82) is 0 Å². The molecule has 0 aliphatic carbocycles. The van der Waals surface area contributed by atoms with Gasteiger partial charge in [0.1, 0.15) is 12.4 Å². The van der Waals surface area contributed by atoms with Crippen molar-refractivity contribution in [3.63, 3.8) is 0 Å². The third-order valence-corrected chi connectivity index (χ3v) is 4.06. The van der Waals surface area contributed by atoms with Crippen molar-refractivity contribution in [1.82, 2.24) is 20.4 Å². The fraction of sp³-hybridized carbons (Fsp3) is 0.529. The summed E-state index contributed by atoms with van der Waals surface area (Å²) < 4.78 is 16.6. The minimum atomic E-state index is 0. The number of nitrogens with one attached hydrogen (secondary N) is 1. The van der Waals surface area contributed by atoms with Crippen molar-refractivity contribution in [2.24, 2.45) is 0 Å². The Morgan fingerprint density at radius 2 is 2.16 bits per heavy atom. The molecule has 1 aromatic carbocycles. The summed E-state index contributed by atoms with van der Waals surface area (Å²) in [6.45, 7) is 6.45. The van der Waals surface area contributed by atoms with Crippen LogP contribution in [0, 0.1) is 0 Å². The number of piperazine rings is 1. The van der Waals surface area contributed by atoms with Crippen LogP contribution in [0.25, 0.3) is 11.5 Å². The van der Waals surface area contributed by atoms with E-state index in [0.29, 0.717) is 31.5 Å². The maximum Gasteiger partial charge on any atom is 0.261 e. The lowest BCUT2D eigenvalue weighted by Crippen LogP contribution is -2.44. The SMILES string of the molecule is CCOCCOc1ccccc1-c1nc(C2CNCCN2C)no1.Cl. The lowest BCUT2D eigenvalue weighted by Gasteiger charge is -2.30. The average Bonchev–Trinajstić information content (AvgIpc) is 3.09. The number of benzene rings is 1. The van der Waals surface area contributed by atoms with Gasteiger partial charge in [0.15, 0.2) is 5.82 Å². The van der Waals surface area contributed by atoms with Crippen LogP contribution in [0.3, 0.4) is 0 Å². The molecule has 25 heavy (non-hydrogen) atoms. The van der Waals surface area contributed by atoms with E-state index in [1.54, 1.807) is 0 Å². The Morgan fingerprint density at radius 1 is 1.32 bits per heavy atom.